The molecule has 1 fully saturated rings. The van der Waals surface area contributed by atoms with Crippen molar-refractivity contribution in [1.82, 2.24) is 19.7 Å². The second kappa shape index (κ2) is 12.8. The van der Waals surface area contributed by atoms with Crippen LogP contribution in [0.4, 0.5) is 20.4 Å². The number of ether oxygens (including phenoxy) is 1. The molecule has 0 aliphatic carbocycles. The molecule has 1 aromatic carbocycles. The van der Waals surface area contributed by atoms with Crippen molar-refractivity contribution in [2.75, 3.05) is 11.9 Å². The van der Waals surface area contributed by atoms with Gasteiger partial charge in [0.1, 0.15) is 17.2 Å². The Morgan fingerprint density at radius 2 is 1.78 bits per heavy atom. The number of hydrogen-bond acceptors (Lipinski definition) is 7. The maximum Gasteiger partial charge on any atom is 0.313 e. The fraction of sp³-hybridized carbons (Fsp3) is 0.571. The normalized spacial score (nSPS) is 19.7. The second-order valence-electron chi connectivity index (χ2n) is 15.2. The van der Waals surface area contributed by atoms with Crippen molar-refractivity contribution in [3.63, 3.8) is 0 Å². The number of piperidine rings is 1. The van der Waals surface area contributed by atoms with Crippen LogP contribution in [0.2, 0.25) is 5.02 Å². The van der Waals surface area contributed by atoms with E-state index in [9.17, 15) is 14.3 Å². The first-order chi connectivity index (χ1) is 21.1. The van der Waals surface area contributed by atoms with Crippen molar-refractivity contribution in [1.29, 1.82) is 0 Å². The molecule has 2 atom stereocenters. The summed E-state index contributed by atoms with van der Waals surface area (Å²) in [7, 11) is 0. The number of nitrogens with zero attached hydrogens (tertiary/aromatic N) is 4. The number of benzene rings is 1. The zero-order valence-electron chi connectivity index (χ0n) is 28.7. The number of aryl methyl sites for hydroxylation is 1. The van der Waals surface area contributed by atoms with Gasteiger partial charge in [0, 0.05) is 41.9 Å². The maximum atomic E-state index is 16.3. The van der Waals surface area contributed by atoms with Gasteiger partial charge < -0.3 is 15.2 Å². The van der Waals surface area contributed by atoms with Crippen LogP contribution in [0.15, 0.2) is 30.3 Å². The van der Waals surface area contributed by atoms with Gasteiger partial charge in [0.2, 0.25) is 0 Å². The first kappa shape index (κ1) is 35.8. The van der Waals surface area contributed by atoms with Gasteiger partial charge >= 0.3 is 5.97 Å². The van der Waals surface area contributed by atoms with Crippen LogP contribution in [0.3, 0.4) is 0 Å². The summed E-state index contributed by atoms with van der Waals surface area (Å²) in [6.45, 7) is 19.2. The quantitative estimate of drug-likeness (QED) is 0.238. The second-order valence-corrected chi connectivity index (χ2v) is 15.6. The molecule has 0 spiro atoms. The van der Waals surface area contributed by atoms with E-state index in [1.54, 1.807) is 32.9 Å². The van der Waals surface area contributed by atoms with Gasteiger partial charge in [-0.25, -0.2) is 13.8 Å². The Bertz CT molecular complexity index is 1590. The third kappa shape index (κ3) is 8.06. The molecule has 11 heteroatoms. The molecule has 0 radical (unpaired) electrons. The molecular weight excluding hydrogens is 612 g/mol. The number of carbonyl (C=O) groups excluding carboxylic acids is 1. The molecule has 2 N–H and O–H groups in total. The molecule has 8 nitrogen and oxygen atoms in total. The highest BCUT2D eigenvalue weighted by atomic mass is 35.5. The van der Waals surface area contributed by atoms with Gasteiger partial charge in [0.05, 0.1) is 27.3 Å². The lowest BCUT2D eigenvalue weighted by molar-refractivity contribution is -0.172. The number of halogens is 3. The fourth-order valence-corrected chi connectivity index (χ4v) is 6.37. The average Bonchev–Trinajstić information content (AvgIpc) is 3.28. The van der Waals surface area contributed by atoms with Gasteiger partial charge in [0.25, 0.3) is 0 Å². The third-order valence-electron chi connectivity index (χ3n) is 8.39. The third-order valence-corrected chi connectivity index (χ3v) is 8.69. The summed E-state index contributed by atoms with van der Waals surface area (Å²) in [6.07, 6.45) is 0.613. The van der Waals surface area contributed by atoms with E-state index in [2.05, 4.69) is 20.3 Å². The van der Waals surface area contributed by atoms with Crippen molar-refractivity contribution in [2.45, 2.75) is 118 Å². The van der Waals surface area contributed by atoms with Gasteiger partial charge in [-0.3, -0.25) is 14.4 Å². The minimum atomic E-state index is -1.53. The maximum absolute atomic E-state index is 16.3. The smallest absolute Gasteiger partial charge is 0.313 e. The molecule has 2 unspecified atom stereocenters. The standard InChI is InChI=1S/C35H48ClF2N5O3/c1-21-16-28(41-43(21)32(3,4)5)40-27-17-24(34(9,10)45)30(38)26(39-27)19-35(31(44)46-33(6,7)8)14-15-42(22(2)18-35)20-23-12-11-13-25(36)29(23)37/h11-13,16-17,22,45H,14-15,18-20H2,1-10H3,(H,39,40,41). The largest absolute Gasteiger partial charge is 0.460 e. The van der Waals surface area contributed by atoms with Crippen molar-refractivity contribution in [2.24, 2.45) is 5.41 Å². The summed E-state index contributed by atoms with van der Waals surface area (Å²) >= 11 is 6.03. The Kier molecular flexibility index (Phi) is 9.99. The number of anilines is 2. The molecule has 252 valence electrons. The number of nitrogens with one attached hydrogen (secondary N) is 1. The molecule has 46 heavy (non-hydrogen) atoms. The van der Waals surface area contributed by atoms with E-state index in [0.29, 0.717) is 43.1 Å². The van der Waals surface area contributed by atoms with Gasteiger partial charge in [-0.1, -0.05) is 23.7 Å². The summed E-state index contributed by atoms with van der Waals surface area (Å²) in [4.78, 5) is 20.8. The number of aliphatic hydroxyl groups is 1. The summed E-state index contributed by atoms with van der Waals surface area (Å²) < 4.78 is 38.9. The monoisotopic (exact) mass is 659 g/mol. The van der Waals surface area contributed by atoms with Gasteiger partial charge in [-0.15, -0.1) is 0 Å². The van der Waals surface area contributed by atoms with Crippen LogP contribution in [0.5, 0.6) is 0 Å². The van der Waals surface area contributed by atoms with Crippen LogP contribution in [0.1, 0.15) is 97.7 Å². The van der Waals surface area contributed by atoms with E-state index in [0.717, 1.165) is 5.69 Å². The molecule has 4 rings (SSSR count). The number of likely N-dealkylation sites (tertiary alicyclic amines) is 1. The number of esters is 1. The summed E-state index contributed by atoms with van der Waals surface area (Å²) in [5, 5.41) is 18.9. The molecular formula is C35H48ClF2N5O3. The van der Waals surface area contributed by atoms with E-state index < -0.39 is 34.2 Å². The van der Waals surface area contributed by atoms with E-state index in [1.165, 1.54) is 26.0 Å². The lowest BCUT2D eigenvalue weighted by atomic mass is 9.71. The highest BCUT2D eigenvalue weighted by Crippen LogP contribution is 2.42. The van der Waals surface area contributed by atoms with Crippen LogP contribution < -0.4 is 5.32 Å². The zero-order chi connectivity index (χ0) is 34.4. The minimum absolute atomic E-state index is 0.0431. The van der Waals surface area contributed by atoms with E-state index in [4.69, 9.17) is 16.3 Å². The van der Waals surface area contributed by atoms with Crippen molar-refractivity contribution >= 4 is 29.2 Å². The number of pyridine rings is 1. The van der Waals surface area contributed by atoms with Crippen LogP contribution in [-0.2, 0) is 33.6 Å². The zero-order valence-corrected chi connectivity index (χ0v) is 29.4. The number of aromatic nitrogens is 3. The first-order valence-electron chi connectivity index (χ1n) is 15.8. The Balaban J connectivity index is 1.73. The van der Waals surface area contributed by atoms with Crippen molar-refractivity contribution < 1.29 is 23.4 Å². The van der Waals surface area contributed by atoms with Crippen LogP contribution in [0, 0.1) is 24.0 Å². The molecule has 0 saturated carbocycles. The Hall–Kier alpha value is -3.08. The molecule has 1 aliphatic heterocycles. The summed E-state index contributed by atoms with van der Waals surface area (Å²) in [5.41, 5.74) is -2.19. The molecule has 3 heterocycles. The number of carbonyl (C=O) groups is 1. The fourth-order valence-electron chi connectivity index (χ4n) is 6.18. The predicted octanol–water partition coefficient (Wildman–Crippen LogP) is 7.80. The summed E-state index contributed by atoms with van der Waals surface area (Å²) in [6, 6.07) is 8.10. The molecule has 2 aromatic heterocycles. The Morgan fingerprint density at radius 3 is 2.35 bits per heavy atom. The predicted molar refractivity (Wildman–Crippen MR) is 177 cm³/mol. The SMILES string of the molecule is Cc1cc(Nc2cc(C(C)(C)O)c(F)c(CC3(C(=O)OC(C)(C)C)CCN(Cc4cccc(Cl)c4F)C(C)C3)n2)nn1C(C)(C)C. The first-order valence-corrected chi connectivity index (χ1v) is 16.1. The molecule has 1 aliphatic rings. The van der Waals surface area contributed by atoms with Crippen LogP contribution in [-0.4, -0.2) is 48.9 Å². The molecule has 3 aromatic rings. The number of hydrogen-bond donors (Lipinski definition) is 2. The Morgan fingerprint density at radius 1 is 1.11 bits per heavy atom. The van der Waals surface area contributed by atoms with E-state index >= 15 is 4.39 Å². The average molecular weight is 660 g/mol. The minimum Gasteiger partial charge on any atom is -0.460 e. The molecule has 0 bridgehead atoms. The van der Waals surface area contributed by atoms with Gasteiger partial charge in [-0.2, -0.15) is 5.10 Å². The molecule has 0 amide bonds. The highest BCUT2D eigenvalue weighted by Gasteiger charge is 2.48. The van der Waals surface area contributed by atoms with Crippen LogP contribution in [0.25, 0.3) is 0 Å². The topological polar surface area (TPSA) is 92.5 Å². The lowest BCUT2D eigenvalue weighted by Crippen LogP contribution is -2.51. The summed E-state index contributed by atoms with van der Waals surface area (Å²) in [5.74, 6) is -0.750. The van der Waals surface area contributed by atoms with Gasteiger partial charge in [-0.05, 0) is 101 Å². The Labute approximate surface area is 276 Å². The van der Waals surface area contributed by atoms with E-state index in [-0.39, 0.29) is 34.3 Å². The van der Waals surface area contributed by atoms with Gasteiger partial charge in [0.15, 0.2) is 11.6 Å². The van der Waals surface area contributed by atoms with Crippen molar-refractivity contribution in [3.8, 4) is 0 Å². The van der Waals surface area contributed by atoms with Crippen molar-refractivity contribution in [3.05, 3.63) is 69.5 Å². The number of rotatable bonds is 8. The highest BCUT2D eigenvalue weighted by molar-refractivity contribution is 6.30. The lowest BCUT2D eigenvalue weighted by Gasteiger charge is -2.45. The van der Waals surface area contributed by atoms with E-state index in [1.807, 2.05) is 45.4 Å². The molecule has 1 saturated heterocycles. The van der Waals surface area contributed by atoms with Crippen LogP contribution >= 0.6 is 11.6 Å².